The summed E-state index contributed by atoms with van der Waals surface area (Å²) < 4.78 is 1.86. The monoisotopic (exact) mass is 163 g/mol. The lowest BCUT2D eigenvalue weighted by atomic mass is 10.1. The van der Waals surface area contributed by atoms with Crippen LogP contribution in [0.3, 0.4) is 0 Å². The first-order chi connectivity index (χ1) is 5.92. The van der Waals surface area contributed by atoms with Gasteiger partial charge in [-0.1, -0.05) is 6.58 Å². The van der Waals surface area contributed by atoms with Crippen molar-refractivity contribution in [3.05, 3.63) is 24.5 Å². The van der Waals surface area contributed by atoms with Crippen molar-refractivity contribution in [3.63, 3.8) is 0 Å². The van der Waals surface area contributed by atoms with Gasteiger partial charge in [0.05, 0.1) is 0 Å². The Morgan fingerprint density at radius 1 is 1.75 bits per heavy atom. The van der Waals surface area contributed by atoms with E-state index in [1.165, 1.54) is 12.1 Å². The van der Waals surface area contributed by atoms with Gasteiger partial charge < -0.3 is 5.32 Å². The van der Waals surface area contributed by atoms with Gasteiger partial charge in [0.1, 0.15) is 0 Å². The summed E-state index contributed by atoms with van der Waals surface area (Å²) in [4.78, 5) is 0. The highest BCUT2D eigenvalue weighted by molar-refractivity contribution is 5.23. The van der Waals surface area contributed by atoms with Gasteiger partial charge in [0.15, 0.2) is 0 Å². The van der Waals surface area contributed by atoms with Gasteiger partial charge in [-0.15, -0.1) is 0 Å². The highest BCUT2D eigenvalue weighted by Crippen LogP contribution is 2.21. The lowest BCUT2D eigenvalue weighted by Crippen LogP contribution is -2.10. The number of hydrogen-bond donors (Lipinski definition) is 1. The normalized spacial score (nSPS) is 22.8. The minimum Gasteiger partial charge on any atom is -0.316 e. The quantitative estimate of drug-likeness (QED) is 0.706. The van der Waals surface area contributed by atoms with Crippen LogP contribution in [0.1, 0.15) is 18.0 Å². The van der Waals surface area contributed by atoms with Gasteiger partial charge >= 0.3 is 0 Å². The van der Waals surface area contributed by atoms with Gasteiger partial charge in [-0.2, -0.15) is 5.10 Å². The summed E-state index contributed by atoms with van der Waals surface area (Å²) in [5.41, 5.74) is 1.27. The molecule has 0 radical (unpaired) electrons. The molecule has 1 fully saturated rings. The molecule has 1 aliphatic heterocycles. The van der Waals surface area contributed by atoms with Crippen LogP contribution in [0.15, 0.2) is 18.8 Å². The van der Waals surface area contributed by atoms with Crippen LogP contribution in [0.25, 0.3) is 6.20 Å². The molecule has 0 saturated carbocycles. The molecule has 0 aliphatic carbocycles. The predicted molar refractivity (Wildman–Crippen MR) is 48.8 cm³/mol. The van der Waals surface area contributed by atoms with Gasteiger partial charge in [0.25, 0.3) is 0 Å². The van der Waals surface area contributed by atoms with Gasteiger partial charge in [0.2, 0.25) is 0 Å². The van der Waals surface area contributed by atoms with Crippen molar-refractivity contribution in [2.75, 3.05) is 13.1 Å². The Hall–Kier alpha value is -1.09. The second-order valence-electron chi connectivity index (χ2n) is 3.07. The zero-order valence-electron chi connectivity index (χ0n) is 7.03. The molecule has 0 aromatic carbocycles. The molecule has 3 heteroatoms. The van der Waals surface area contributed by atoms with E-state index in [2.05, 4.69) is 23.1 Å². The first kappa shape index (κ1) is 7.55. The standard InChI is InChI=1S/C9H13N3/c1-2-12-9(4-6-11-12)8-3-5-10-7-8/h2,4,6,8,10H,1,3,5,7H2. The molecular formula is C9H13N3. The zero-order valence-corrected chi connectivity index (χ0v) is 7.03. The summed E-state index contributed by atoms with van der Waals surface area (Å²) in [5, 5.41) is 7.49. The van der Waals surface area contributed by atoms with Crippen LogP contribution in [0, 0.1) is 0 Å². The van der Waals surface area contributed by atoms with E-state index in [4.69, 9.17) is 0 Å². The zero-order chi connectivity index (χ0) is 8.39. The molecule has 3 nitrogen and oxygen atoms in total. The van der Waals surface area contributed by atoms with Crippen molar-refractivity contribution in [2.45, 2.75) is 12.3 Å². The summed E-state index contributed by atoms with van der Waals surface area (Å²) in [6.45, 7) is 5.90. The van der Waals surface area contributed by atoms with E-state index in [9.17, 15) is 0 Å². The van der Waals surface area contributed by atoms with E-state index in [0.717, 1.165) is 13.1 Å². The van der Waals surface area contributed by atoms with E-state index >= 15 is 0 Å². The highest BCUT2D eigenvalue weighted by atomic mass is 15.3. The molecular weight excluding hydrogens is 150 g/mol. The maximum atomic E-state index is 4.15. The molecule has 1 unspecified atom stereocenters. The second kappa shape index (κ2) is 3.11. The van der Waals surface area contributed by atoms with Gasteiger partial charge in [-0.25, -0.2) is 4.68 Å². The molecule has 64 valence electrons. The van der Waals surface area contributed by atoms with Crippen LogP contribution in [0.5, 0.6) is 0 Å². The Morgan fingerprint density at radius 3 is 3.33 bits per heavy atom. The maximum absolute atomic E-state index is 4.15. The molecule has 0 bridgehead atoms. The minimum atomic E-state index is 0.616. The van der Waals surface area contributed by atoms with Gasteiger partial charge in [0, 0.05) is 30.6 Å². The summed E-state index contributed by atoms with van der Waals surface area (Å²) in [7, 11) is 0. The third kappa shape index (κ3) is 1.16. The summed E-state index contributed by atoms with van der Waals surface area (Å²) in [5.74, 6) is 0.616. The molecule has 1 saturated heterocycles. The van der Waals surface area contributed by atoms with E-state index in [-0.39, 0.29) is 0 Å². The Morgan fingerprint density at radius 2 is 2.67 bits per heavy atom. The lowest BCUT2D eigenvalue weighted by molar-refractivity contribution is 0.697. The number of hydrogen-bond acceptors (Lipinski definition) is 2. The fourth-order valence-electron chi connectivity index (χ4n) is 1.71. The Labute approximate surface area is 72.1 Å². The molecule has 1 atom stereocenters. The number of nitrogens with zero attached hydrogens (tertiary/aromatic N) is 2. The van der Waals surface area contributed by atoms with Crippen LogP contribution in [-0.4, -0.2) is 22.9 Å². The van der Waals surface area contributed by atoms with E-state index in [1.807, 2.05) is 10.9 Å². The van der Waals surface area contributed by atoms with Crippen LogP contribution in [0.2, 0.25) is 0 Å². The summed E-state index contributed by atoms with van der Waals surface area (Å²) in [6, 6.07) is 2.07. The second-order valence-corrected chi connectivity index (χ2v) is 3.07. The Kier molecular flexibility index (Phi) is 1.96. The number of rotatable bonds is 2. The third-order valence-corrected chi connectivity index (χ3v) is 2.35. The van der Waals surface area contributed by atoms with Crippen molar-refractivity contribution >= 4 is 6.20 Å². The van der Waals surface area contributed by atoms with Crippen molar-refractivity contribution in [2.24, 2.45) is 0 Å². The van der Waals surface area contributed by atoms with Crippen LogP contribution >= 0.6 is 0 Å². The topological polar surface area (TPSA) is 29.9 Å². The van der Waals surface area contributed by atoms with Crippen molar-refractivity contribution in [1.82, 2.24) is 15.1 Å². The van der Waals surface area contributed by atoms with Crippen LogP contribution < -0.4 is 5.32 Å². The average molecular weight is 163 g/mol. The molecule has 0 amide bonds. The molecule has 2 rings (SSSR count). The largest absolute Gasteiger partial charge is 0.316 e. The maximum Gasteiger partial charge on any atom is 0.0496 e. The molecule has 1 aromatic heterocycles. The van der Waals surface area contributed by atoms with Gasteiger partial charge in [-0.3, -0.25) is 0 Å². The smallest absolute Gasteiger partial charge is 0.0496 e. The lowest BCUT2D eigenvalue weighted by Gasteiger charge is -2.07. The van der Waals surface area contributed by atoms with Gasteiger partial charge in [-0.05, 0) is 19.0 Å². The van der Waals surface area contributed by atoms with E-state index < -0.39 is 0 Å². The molecule has 0 spiro atoms. The van der Waals surface area contributed by atoms with E-state index in [0.29, 0.717) is 5.92 Å². The number of aromatic nitrogens is 2. The molecule has 1 N–H and O–H groups in total. The molecule has 12 heavy (non-hydrogen) atoms. The highest BCUT2D eigenvalue weighted by Gasteiger charge is 2.19. The number of nitrogens with one attached hydrogen (secondary N) is 1. The summed E-state index contributed by atoms with van der Waals surface area (Å²) >= 11 is 0. The average Bonchev–Trinajstić information content (AvgIpc) is 2.74. The first-order valence-electron chi connectivity index (χ1n) is 4.28. The molecule has 1 aromatic rings. The summed E-state index contributed by atoms with van der Waals surface area (Å²) in [6.07, 6.45) is 4.79. The minimum absolute atomic E-state index is 0.616. The van der Waals surface area contributed by atoms with Crippen molar-refractivity contribution < 1.29 is 0 Å². The fraction of sp³-hybridized carbons (Fsp3) is 0.444. The SMILES string of the molecule is C=Cn1nccc1C1CCNC1. The van der Waals surface area contributed by atoms with Crippen molar-refractivity contribution in [1.29, 1.82) is 0 Å². The predicted octanol–water partition coefficient (Wildman–Crippen LogP) is 1.06. The van der Waals surface area contributed by atoms with Crippen molar-refractivity contribution in [3.8, 4) is 0 Å². The van der Waals surface area contributed by atoms with E-state index in [1.54, 1.807) is 6.20 Å². The van der Waals surface area contributed by atoms with Crippen LogP contribution in [-0.2, 0) is 0 Å². The fourth-order valence-corrected chi connectivity index (χ4v) is 1.71. The molecule has 2 heterocycles. The Bertz CT molecular complexity index is 271. The molecule has 1 aliphatic rings. The Balaban J connectivity index is 2.25. The van der Waals surface area contributed by atoms with Crippen LogP contribution in [0.4, 0.5) is 0 Å². The first-order valence-corrected chi connectivity index (χ1v) is 4.28. The third-order valence-electron chi connectivity index (χ3n) is 2.35.